The molecule has 0 saturated heterocycles. The number of hydrogen-bond acceptors (Lipinski definition) is 2. The fourth-order valence-electron chi connectivity index (χ4n) is 4.77. The van der Waals surface area contributed by atoms with Gasteiger partial charge in [0.1, 0.15) is 0 Å². The van der Waals surface area contributed by atoms with Gasteiger partial charge in [-0.15, -0.1) is 0 Å². The molecule has 4 heteroatoms. The molecule has 0 atom stereocenters. The van der Waals surface area contributed by atoms with E-state index >= 15 is 0 Å². The molecule has 2 aromatic heterocycles. The van der Waals surface area contributed by atoms with Crippen molar-refractivity contribution in [1.82, 2.24) is 0 Å². The monoisotopic (exact) mass is 552 g/mol. The van der Waals surface area contributed by atoms with Crippen molar-refractivity contribution in [2.75, 3.05) is 38.0 Å². The number of aromatic nitrogens is 2. The van der Waals surface area contributed by atoms with Crippen LogP contribution in [0.25, 0.3) is 24.3 Å². The average molecular weight is 553 g/mol. The molecule has 210 valence electrons. The normalized spacial score (nSPS) is 11.3. The van der Waals surface area contributed by atoms with E-state index in [1.165, 1.54) is 44.8 Å². The second kappa shape index (κ2) is 13.6. The van der Waals surface area contributed by atoms with Crippen LogP contribution in [0.1, 0.15) is 33.4 Å². The third kappa shape index (κ3) is 8.05. The second-order valence-corrected chi connectivity index (χ2v) is 11.1. The van der Waals surface area contributed by atoms with Crippen LogP contribution in [-0.4, -0.2) is 28.2 Å². The quantitative estimate of drug-likeness (QED) is 0.176. The van der Waals surface area contributed by atoms with E-state index in [1.807, 2.05) is 0 Å². The van der Waals surface area contributed by atoms with Crippen LogP contribution in [0.2, 0.25) is 0 Å². The number of hydrogen-bond donors (Lipinski definition) is 0. The Bertz CT molecular complexity index is 1510. The maximum absolute atomic E-state index is 2.30. The zero-order chi connectivity index (χ0) is 29.3. The fourth-order valence-corrected chi connectivity index (χ4v) is 4.77. The summed E-state index contributed by atoms with van der Waals surface area (Å²) in [6, 6.07) is 34.7. The summed E-state index contributed by atoms with van der Waals surface area (Å²) in [5, 5.41) is 0. The largest absolute Gasteiger partial charge is 0.378 e. The van der Waals surface area contributed by atoms with E-state index in [2.05, 4.69) is 193 Å². The summed E-state index contributed by atoms with van der Waals surface area (Å²) in [5.41, 5.74) is 9.78. The number of benzene rings is 3. The molecule has 0 aliphatic rings. The summed E-state index contributed by atoms with van der Waals surface area (Å²) >= 11 is 0. The number of anilines is 2. The molecule has 3 aromatic carbocycles. The highest BCUT2D eigenvalue weighted by molar-refractivity contribution is 5.71. The maximum Gasteiger partial charge on any atom is 0.173 e. The van der Waals surface area contributed by atoms with Crippen LogP contribution in [0, 0.1) is 0 Å². The van der Waals surface area contributed by atoms with Gasteiger partial charge in [0.15, 0.2) is 37.9 Å². The highest BCUT2D eigenvalue weighted by atomic mass is 15.1. The topological polar surface area (TPSA) is 14.2 Å². The van der Waals surface area contributed by atoms with Crippen molar-refractivity contribution in [1.29, 1.82) is 0 Å². The predicted molar refractivity (Wildman–Crippen MR) is 177 cm³/mol. The van der Waals surface area contributed by atoms with Gasteiger partial charge in [-0.25, -0.2) is 9.13 Å². The van der Waals surface area contributed by atoms with E-state index in [4.69, 9.17) is 0 Å². The smallest absolute Gasteiger partial charge is 0.173 e. The van der Waals surface area contributed by atoms with Crippen molar-refractivity contribution >= 4 is 35.7 Å². The van der Waals surface area contributed by atoms with Crippen molar-refractivity contribution < 1.29 is 9.13 Å². The molecule has 0 spiro atoms. The van der Waals surface area contributed by atoms with Gasteiger partial charge in [0, 0.05) is 75.0 Å². The third-order valence-electron chi connectivity index (χ3n) is 7.31. The molecule has 0 amide bonds. The predicted octanol–water partition coefficient (Wildman–Crippen LogP) is 6.83. The van der Waals surface area contributed by atoms with Crippen LogP contribution in [0.5, 0.6) is 0 Å². The minimum absolute atomic E-state index is 0.841. The van der Waals surface area contributed by atoms with Crippen molar-refractivity contribution in [3.8, 4) is 0 Å². The Morgan fingerprint density at radius 2 is 0.786 bits per heavy atom. The van der Waals surface area contributed by atoms with Gasteiger partial charge in [0.2, 0.25) is 0 Å². The summed E-state index contributed by atoms with van der Waals surface area (Å²) in [4.78, 5) is 4.23. The molecule has 0 unspecified atom stereocenters. The lowest BCUT2D eigenvalue weighted by atomic mass is 10.1. The fraction of sp³-hybridized carbons (Fsp3) is 0.158. The summed E-state index contributed by atoms with van der Waals surface area (Å²) in [6.07, 6.45) is 17.3. The molecule has 0 radical (unpaired) electrons. The Morgan fingerprint density at radius 1 is 0.452 bits per heavy atom. The standard InChI is InChI=1S/C38H40N4/c1-39(2)37-16-12-31(13-17-37)8-10-33-20-24-41(25-21-33)29-35-6-5-7-36(28-35)30-42-26-22-34(23-27-42)11-9-32-14-18-38(19-15-32)40(3)4/h5-28H,29-30H2,1-4H3/q+2. The van der Waals surface area contributed by atoms with Crippen molar-refractivity contribution in [3.05, 3.63) is 155 Å². The van der Waals surface area contributed by atoms with Gasteiger partial charge in [0.25, 0.3) is 0 Å². The number of nitrogens with zero attached hydrogens (tertiary/aromatic N) is 4. The van der Waals surface area contributed by atoms with Gasteiger partial charge in [-0.05, 0) is 52.6 Å². The lowest BCUT2D eigenvalue weighted by Gasteiger charge is -2.11. The molecule has 0 N–H and O–H groups in total. The maximum atomic E-state index is 2.30. The summed E-state index contributed by atoms with van der Waals surface area (Å²) in [7, 11) is 8.24. The van der Waals surface area contributed by atoms with E-state index in [1.54, 1.807) is 0 Å². The Balaban J connectivity index is 1.16. The van der Waals surface area contributed by atoms with Crippen molar-refractivity contribution in [2.24, 2.45) is 0 Å². The molecular formula is C38H40N4+2. The first-order valence-corrected chi connectivity index (χ1v) is 14.4. The second-order valence-electron chi connectivity index (χ2n) is 11.1. The molecule has 0 saturated carbocycles. The first-order valence-electron chi connectivity index (χ1n) is 14.4. The highest BCUT2D eigenvalue weighted by Crippen LogP contribution is 2.16. The minimum atomic E-state index is 0.841. The number of pyridine rings is 2. The molecule has 4 nitrogen and oxygen atoms in total. The minimum Gasteiger partial charge on any atom is -0.378 e. The average Bonchev–Trinajstić information content (AvgIpc) is 3.01. The Morgan fingerprint density at radius 3 is 1.12 bits per heavy atom. The lowest BCUT2D eigenvalue weighted by molar-refractivity contribution is -0.689. The van der Waals surface area contributed by atoms with Crippen molar-refractivity contribution in [3.63, 3.8) is 0 Å². The molecule has 5 rings (SSSR count). The Hall–Kier alpha value is -4.96. The van der Waals surface area contributed by atoms with E-state index in [-0.39, 0.29) is 0 Å². The zero-order valence-electron chi connectivity index (χ0n) is 25.1. The van der Waals surface area contributed by atoms with Gasteiger partial charge in [-0.1, -0.05) is 66.8 Å². The molecule has 5 aromatic rings. The van der Waals surface area contributed by atoms with Crippen LogP contribution >= 0.6 is 0 Å². The van der Waals surface area contributed by atoms with E-state index in [0.717, 1.165) is 13.1 Å². The highest BCUT2D eigenvalue weighted by Gasteiger charge is 2.07. The SMILES string of the molecule is CN(C)c1ccc(/C=C/c2cc[n+](Cc3cccc(C[n+]4ccc(/C=C/c5ccc(N(C)C)cc5)cc4)c3)cc2)cc1. The molecule has 0 bridgehead atoms. The van der Waals surface area contributed by atoms with Gasteiger partial charge in [-0.3, -0.25) is 0 Å². The van der Waals surface area contributed by atoms with Gasteiger partial charge in [0.05, 0.1) is 0 Å². The number of rotatable bonds is 10. The van der Waals surface area contributed by atoms with Gasteiger partial charge in [-0.2, -0.15) is 0 Å². The van der Waals surface area contributed by atoms with E-state index in [9.17, 15) is 0 Å². The summed E-state index contributed by atoms with van der Waals surface area (Å²) < 4.78 is 4.45. The molecule has 0 fully saturated rings. The van der Waals surface area contributed by atoms with Gasteiger partial charge < -0.3 is 9.80 Å². The molecule has 0 aliphatic carbocycles. The first kappa shape index (κ1) is 28.6. The van der Waals surface area contributed by atoms with Gasteiger partial charge >= 0.3 is 0 Å². The Kier molecular flexibility index (Phi) is 9.25. The molecule has 0 aliphatic heterocycles. The third-order valence-corrected chi connectivity index (χ3v) is 7.31. The van der Waals surface area contributed by atoms with E-state index in [0.29, 0.717) is 0 Å². The zero-order valence-corrected chi connectivity index (χ0v) is 25.1. The lowest BCUT2D eigenvalue weighted by Crippen LogP contribution is -2.34. The van der Waals surface area contributed by atoms with Crippen LogP contribution < -0.4 is 18.9 Å². The van der Waals surface area contributed by atoms with E-state index < -0.39 is 0 Å². The molecule has 42 heavy (non-hydrogen) atoms. The molecular weight excluding hydrogens is 512 g/mol. The first-order chi connectivity index (χ1) is 20.4. The van der Waals surface area contributed by atoms with Crippen LogP contribution in [-0.2, 0) is 13.1 Å². The Labute approximate surface area is 250 Å². The summed E-state index contributed by atoms with van der Waals surface area (Å²) in [6.45, 7) is 1.68. The summed E-state index contributed by atoms with van der Waals surface area (Å²) in [5.74, 6) is 0. The van der Waals surface area contributed by atoms with Crippen molar-refractivity contribution in [2.45, 2.75) is 13.1 Å². The van der Waals surface area contributed by atoms with Crippen LogP contribution in [0.15, 0.2) is 122 Å². The van der Waals surface area contributed by atoms with Crippen LogP contribution in [0.3, 0.4) is 0 Å². The molecule has 2 heterocycles. The van der Waals surface area contributed by atoms with Crippen LogP contribution in [0.4, 0.5) is 11.4 Å².